The maximum Gasteiger partial charge on any atom is 0.331 e. The van der Waals surface area contributed by atoms with E-state index in [0.29, 0.717) is 5.56 Å². The number of aliphatic hydroxyl groups is 3. The first-order valence-electron chi connectivity index (χ1n) is 9.28. The van der Waals surface area contributed by atoms with Crippen molar-refractivity contribution in [2.45, 2.75) is 30.7 Å². The van der Waals surface area contributed by atoms with Crippen LogP contribution in [0.1, 0.15) is 5.56 Å². The van der Waals surface area contributed by atoms with Gasteiger partial charge in [0.15, 0.2) is 29.1 Å². The third kappa shape index (κ3) is 5.25. The van der Waals surface area contributed by atoms with Crippen LogP contribution < -0.4 is 4.74 Å². The molecule has 0 spiro atoms. The van der Waals surface area contributed by atoms with Crippen LogP contribution in [0.15, 0.2) is 48.5 Å². The standard InChI is InChI=1S/C21H22O10/c22-10-16-20(31-17(26)8-6-11-5-7-12(23)14(25)9-11)18(27)19(28)21(30-16)29-15-4-2-1-3-13(15)24/h1-9,16,18-25,27-28H,10H2/t16-,18-,19-,20-,21-/m1/s1. The molecule has 10 heteroatoms. The molecule has 166 valence electrons. The predicted octanol–water partition coefficient (Wildman–Crippen LogP) is 0.246. The molecule has 6 N–H and O–H groups in total. The molecule has 0 bridgehead atoms. The monoisotopic (exact) mass is 434 g/mol. The van der Waals surface area contributed by atoms with Crippen LogP contribution in [-0.4, -0.2) is 73.9 Å². The maximum atomic E-state index is 12.2. The molecule has 5 atom stereocenters. The zero-order chi connectivity index (χ0) is 22.5. The van der Waals surface area contributed by atoms with E-state index in [1.165, 1.54) is 36.4 Å². The number of phenols is 3. The van der Waals surface area contributed by atoms with Gasteiger partial charge in [0.25, 0.3) is 0 Å². The van der Waals surface area contributed by atoms with E-state index in [9.17, 15) is 35.4 Å². The summed E-state index contributed by atoms with van der Waals surface area (Å²) in [5.74, 6) is -1.82. The van der Waals surface area contributed by atoms with Gasteiger partial charge < -0.3 is 44.8 Å². The van der Waals surface area contributed by atoms with Crippen molar-refractivity contribution in [3.8, 4) is 23.0 Å². The lowest BCUT2D eigenvalue weighted by Gasteiger charge is -2.41. The van der Waals surface area contributed by atoms with Crippen molar-refractivity contribution in [1.29, 1.82) is 0 Å². The summed E-state index contributed by atoms with van der Waals surface area (Å²) in [4.78, 5) is 12.2. The second kappa shape index (κ2) is 9.67. The lowest BCUT2D eigenvalue weighted by atomic mass is 9.99. The predicted molar refractivity (Wildman–Crippen MR) is 105 cm³/mol. The lowest BCUT2D eigenvalue weighted by Crippen LogP contribution is -2.61. The minimum Gasteiger partial charge on any atom is -0.504 e. The van der Waals surface area contributed by atoms with Gasteiger partial charge in [-0.1, -0.05) is 18.2 Å². The van der Waals surface area contributed by atoms with Crippen molar-refractivity contribution in [2.24, 2.45) is 0 Å². The molecular formula is C21H22O10. The van der Waals surface area contributed by atoms with Crippen molar-refractivity contribution >= 4 is 12.0 Å². The minimum absolute atomic E-state index is 0.00836. The number of aromatic hydroxyl groups is 3. The number of carbonyl (C=O) groups is 1. The summed E-state index contributed by atoms with van der Waals surface area (Å²) in [6.45, 7) is -0.655. The van der Waals surface area contributed by atoms with Crippen LogP contribution in [0.5, 0.6) is 23.0 Å². The Hall–Kier alpha value is -3.31. The number of esters is 1. The summed E-state index contributed by atoms with van der Waals surface area (Å²) < 4.78 is 16.0. The number of phenolic OH excluding ortho intramolecular Hbond substituents is 3. The van der Waals surface area contributed by atoms with E-state index in [0.717, 1.165) is 6.08 Å². The second-order valence-electron chi connectivity index (χ2n) is 6.78. The first kappa shape index (κ1) is 22.4. The Balaban J connectivity index is 1.67. The summed E-state index contributed by atoms with van der Waals surface area (Å²) in [7, 11) is 0. The number of aliphatic hydroxyl groups excluding tert-OH is 3. The van der Waals surface area contributed by atoms with E-state index in [-0.39, 0.29) is 23.0 Å². The quantitative estimate of drug-likeness (QED) is 0.211. The molecule has 0 amide bonds. The zero-order valence-corrected chi connectivity index (χ0v) is 16.1. The fraction of sp³-hybridized carbons (Fsp3) is 0.286. The van der Waals surface area contributed by atoms with Gasteiger partial charge in [0, 0.05) is 6.08 Å². The Morgan fingerprint density at radius 2 is 1.74 bits per heavy atom. The fourth-order valence-corrected chi connectivity index (χ4v) is 2.96. The highest BCUT2D eigenvalue weighted by Crippen LogP contribution is 2.31. The molecule has 0 saturated carbocycles. The normalized spacial score (nSPS) is 26.0. The van der Waals surface area contributed by atoms with E-state index in [1.54, 1.807) is 12.1 Å². The van der Waals surface area contributed by atoms with E-state index < -0.39 is 43.3 Å². The smallest absolute Gasteiger partial charge is 0.331 e. The first-order valence-corrected chi connectivity index (χ1v) is 9.28. The number of hydrogen-bond donors (Lipinski definition) is 6. The van der Waals surface area contributed by atoms with Crippen LogP contribution in [0.4, 0.5) is 0 Å². The van der Waals surface area contributed by atoms with Gasteiger partial charge in [-0.15, -0.1) is 0 Å². The van der Waals surface area contributed by atoms with Crippen LogP contribution in [0, 0.1) is 0 Å². The third-order valence-corrected chi connectivity index (χ3v) is 4.59. The van der Waals surface area contributed by atoms with Crippen molar-refractivity contribution in [2.75, 3.05) is 6.61 Å². The molecule has 1 fully saturated rings. The van der Waals surface area contributed by atoms with E-state index >= 15 is 0 Å². The highest BCUT2D eigenvalue weighted by molar-refractivity contribution is 5.87. The Bertz CT molecular complexity index is 942. The number of carbonyl (C=O) groups excluding carboxylic acids is 1. The van der Waals surface area contributed by atoms with Crippen LogP contribution in [0.2, 0.25) is 0 Å². The Labute approximate surface area is 176 Å². The average Bonchev–Trinajstić information content (AvgIpc) is 2.75. The number of hydrogen-bond acceptors (Lipinski definition) is 10. The average molecular weight is 434 g/mol. The fourth-order valence-electron chi connectivity index (χ4n) is 2.96. The summed E-state index contributed by atoms with van der Waals surface area (Å²) >= 11 is 0. The molecule has 3 rings (SSSR count). The number of benzene rings is 2. The largest absolute Gasteiger partial charge is 0.504 e. The van der Waals surface area contributed by atoms with Gasteiger partial charge in [0.05, 0.1) is 6.61 Å². The van der Waals surface area contributed by atoms with E-state index in [2.05, 4.69) is 0 Å². The molecule has 1 aliphatic heterocycles. The zero-order valence-electron chi connectivity index (χ0n) is 16.1. The molecule has 10 nitrogen and oxygen atoms in total. The van der Waals surface area contributed by atoms with Crippen molar-refractivity contribution in [3.05, 3.63) is 54.1 Å². The Morgan fingerprint density at radius 1 is 1.00 bits per heavy atom. The summed E-state index contributed by atoms with van der Waals surface area (Å²) in [5, 5.41) is 58.9. The topological polar surface area (TPSA) is 166 Å². The highest BCUT2D eigenvalue weighted by atomic mass is 16.7. The molecule has 0 radical (unpaired) electrons. The van der Waals surface area contributed by atoms with Gasteiger partial charge in [-0.3, -0.25) is 0 Å². The number of rotatable bonds is 6. The van der Waals surface area contributed by atoms with E-state index in [4.69, 9.17) is 14.2 Å². The number of para-hydroxylation sites is 2. The summed E-state index contributed by atoms with van der Waals surface area (Å²) in [6, 6.07) is 9.82. The molecule has 0 aliphatic carbocycles. The van der Waals surface area contributed by atoms with Crippen molar-refractivity contribution < 1.29 is 49.6 Å². The Morgan fingerprint density at radius 3 is 2.42 bits per heavy atom. The Kier molecular flexibility index (Phi) is 6.98. The SMILES string of the molecule is O=C(C=Cc1ccc(O)c(O)c1)O[C@H]1[C@H](O)[C@@H](O)[C@H](Oc2ccccc2O)O[C@@H]1CO. The van der Waals surface area contributed by atoms with Crippen LogP contribution in [0.3, 0.4) is 0 Å². The summed E-state index contributed by atoms with van der Waals surface area (Å²) in [5.41, 5.74) is 0.391. The lowest BCUT2D eigenvalue weighted by molar-refractivity contribution is -0.280. The molecule has 0 unspecified atom stereocenters. The molecule has 2 aromatic carbocycles. The van der Waals surface area contributed by atoms with Crippen molar-refractivity contribution in [1.82, 2.24) is 0 Å². The second-order valence-corrected chi connectivity index (χ2v) is 6.78. The molecule has 1 heterocycles. The van der Waals surface area contributed by atoms with Crippen LogP contribution in [0.25, 0.3) is 6.08 Å². The number of ether oxygens (including phenoxy) is 3. The molecule has 2 aromatic rings. The summed E-state index contributed by atoms with van der Waals surface area (Å²) in [6.07, 6.45) is -5.07. The van der Waals surface area contributed by atoms with Crippen LogP contribution in [-0.2, 0) is 14.3 Å². The molecule has 1 aliphatic rings. The van der Waals surface area contributed by atoms with Gasteiger partial charge in [-0.05, 0) is 35.9 Å². The molecule has 31 heavy (non-hydrogen) atoms. The molecule has 0 aromatic heterocycles. The molecular weight excluding hydrogens is 412 g/mol. The van der Waals surface area contributed by atoms with Crippen LogP contribution >= 0.6 is 0 Å². The van der Waals surface area contributed by atoms with Gasteiger partial charge in [-0.25, -0.2) is 4.79 Å². The third-order valence-electron chi connectivity index (χ3n) is 4.59. The van der Waals surface area contributed by atoms with Gasteiger partial charge in [0.1, 0.15) is 18.3 Å². The van der Waals surface area contributed by atoms with Gasteiger partial charge in [-0.2, -0.15) is 0 Å². The van der Waals surface area contributed by atoms with Gasteiger partial charge >= 0.3 is 5.97 Å². The van der Waals surface area contributed by atoms with Crippen molar-refractivity contribution in [3.63, 3.8) is 0 Å². The molecule has 1 saturated heterocycles. The van der Waals surface area contributed by atoms with E-state index in [1.807, 2.05) is 0 Å². The van der Waals surface area contributed by atoms with Gasteiger partial charge in [0.2, 0.25) is 6.29 Å². The highest BCUT2D eigenvalue weighted by Gasteiger charge is 2.47. The minimum atomic E-state index is -1.66. The first-order chi connectivity index (χ1) is 14.8. The maximum absolute atomic E-state index is 12.2.